The van der Waals surface area contributed by atoms with Gasteiger partial charge in [-0.1, -0.05) is 18.2 Å². The molecule has 152 valence electrons. The van der Waals surface area contributed by atoms with Crippen molar-refractivity contribution >= 4 is 11.7 Å². The van der Waals surface area contributed by atoms with E-state index in [1.165, 1.54) is 18.1 Å². The SMILES string of the molecule is COc1cccc([C@H]2C(C(=O)c3ccc(C)o3)=C(O)C(=O)N2Cc2cccnc2)c1. The maximum Gasteiger partial charge on any atom is 0.290 e. The Morgan fingerprint density at radius 2 is 2.07 bits per heavy atom. The molecule has 30 heavy (non-hydrogen) atoms. The molecule has 0 spiro atoms. The molecule has 1 aliphatic heterocycles. The number of ketones is 1. The van der Waals surface area contributed by atoms with E-state index in [1.807, 2.05) is 6.07 Å². The summed E-state index contributed by atoms with van der Waals surface area (Å²) in [5.74, 6) is -0.529. The molecule has 0 unspecified atom stereocenters. The summed E-state index contributed by atoms with van der Waals surface area (Å²) in [5.41, 5.74) is 1.39. The molecule has 0 saturated heterocycles. The van der Waals surface area contributed by atoms with Gasteiger partial charge in [0.1, 0.15) is 11.5 Å². The summed E-state index contributed by atoms with van der Waals surface area (Å²) < 4.78 is 10.8. The second-order valence-electron chi connectivity index (χ2n) is 6.98. The predicted molar refractivity (Wildman–Crippen MR) is 108 cm³/mol. The molecule has 0 bridgehead atoms. The van der Waals surface area contributed by atoms with Crippen molar-refractivity contribution in [2.24, 2.45) is 0 Å². The van der Waals surface area contributed by atoms with Gasteiger partial charge in [-0.15, -0.1) is 0 Å². The molecule has 1 N–H and O–H groups in total. The highest BCUT2D eigenvalue weighted by Gasteiger charge is 2.44. The number of amides is 1. The van der Waals surface area contributed by atoms with Gasteiger partial charge in [0.15, 0.2) is 11.5 Å². The van der Waals surface area contributed by atoms with E-state index >= 15 is 0 Å². The lowest BCUT2D eigenvalue weighted by Gasteiger charge is -2.27. The number of aryl methyl sites for hydroxylation is 1. The summed E-state index contributed by atoms with van der Waals surface area (Å²) >= 11 is 0. The van der Waals surface area contributed by atoms with Gasteiger partial charge in [-0.05, 0) is 48.4 Å². The van der Waals surface area contributed by atoms with E-state index in [4.69, 9.17) is 9.15 Å². The molecule has 0 radical (unpaired) electrons. The van der Waals surface area contributed by atoms with Crippen LogP contribution in [0, 0.1) is 6.92 Å². The van der Waals surface area contributed by atoms with Crippen LogP contribution in [-0.2, 0) is 11.3 Å². The molecule has 2 aromatic heterocycles. The van der Waals surface area contributed by atoms with Crippen molar-refractivity contribution in [2.75, 3.05) is 7.11 Å². The summed E-state index contributed by atoms with van der Waals surface area (Å²) in [7, 11) is 1.54. The maximum absolute atomic E-state index is 13.2. The van der Waals surface area contributed by atoms with Crippen molar-refractivity contribution < 1.29 is 23.8 Å². The maximum atomic E-state index is 13.2. The van der Waals surface area contributed by atoms with Crippen molar-refractivity contribution in [2.45, 2.75) is 19.5 Å². The summed E-state index contributed by atoms with van der Waals surface area (Å²) in [6.07, 6.45) is 3.28. The van der Waals surface area contributed by atoms with E-state index in [1.54, 1.807) is 55.7 Å². The van der Waals surface area contributed by atoms with Crippen LogP contribution < -0.4 is 4.74 Å². The Morgan fingerprint density at radius 1 is 1.23 bits per heavy atom. The Balaban J connectivity index is 1.81. The summed E-state index contributed by atoms with van der Waals surface area (Å²) in [6.45, 7) is 1.89. The zero-order valence-electron chi connectivity index (χ0n) is 16.5. The Labute approximate surface area is 173 Å². The number of methoxy groups -OCH3 is 1. The number of rotatable bonds is 6. The number of pyridine rings is 1. The van der Waals surface area contributed by atoms with Crippen LogP contribution in [0.1, 0.15) is 33.5 Å². The van der Waals surface area contributed by atoms with Crippen molar-refractivity contribution in [3.63, 3.8) is 0 Å². The molecule has 0 aliphatic carbocycles. The van der Waals surface area contributed by atoms with Crippen LogP contribution in [0.2, 0.25) is 0 Å². The van der Waals surface area contributed by atoms with Crippen molar-refractivity contribution in [1.29, 1.82) is 0 Å². The Bertz CT molecular complexity index is 1130. The lowest BCUT2D eigenvalue weighted by molar-refractivity contribution is -0.130. The van der Waals surface area contributed by atoms with E-state index < -0.39 is 23.5 Å². The summed E-state index contributed by atoms with van der Waals surface area (Å²) in [5, 5.41) is 10.7. The van der Waals surface area contributed by atoms with Crippen LogP contribution in [0.15, 0.2) is 76.7 Å². The Morgan fingerprint density at radius 3 is 2.73 bits per heavy atom. The third-order valence-corrected chi connectivity index (χ3v) is 5.00. The molecule has 4 rings (SSSR count). The first kappa shape index (κ1) is 19.4. The second kappa shape index (κ2) is 7.87. The average Bonchev–Trinajstić information content (AvgIpc) is 3.31. The van der Waals surface area contributed by atoms with E-state index in [9.17, 15) is 14.7 Å². The molecule has 1 aromatic carbocycles. The highest BCUT2D eigenvalue weighted by Crippen LogP contribution is 2.40. The minimum atomic E-state index is -0.800. The standard InChI is InChI=1S/C23H20N2O5/c1-14-8-9-18(30-14)21(26)19-20(16-6-3-7-17(11-16)29-2)25(23(28)22(19)27)13-15-5-4-10-24-12-15/h3-12,20,27H,13H2,1-2H3/t20-/m0/s1. The van der Waals surface area contributed by atoms with E-state index in [-0.39, 0.29) is 17.9 Å². The van der Waals surface area contributed by atoms with Gasteiger partial charge < -0.3 is 19.2 Å². The molecular formula is C23H20N2O5. The summed E-state index contributed by atoms with van der Waals surface area (Å²) in [4.78, 5) is 31.7. The molecule has 7 heteroatoms. The van der Waals surface area contributed by atoms with Gasteiger partial charge in [0.2, 0.25) is 5.78 Å². The fourth-order valence-corrected chi connectivity index (χ4v) is 3.58. The number of nitrogens with zero attached hydrogens (tertiary/aromatic N) is 2. The number of Topliss-reactive ketones (excluding diaryl/α,β-unsaturated/α-hetero) is 1. The van der Waals surface area contributed by atoms with Gasteiger partial charge in [0.25, 0.3) is 5.91 Å². The van der Waals surface area contributed by atoms with E-state index in [2.05, 4.69) is 4.98 Å². The van der Waals surface area contributed by atoms with Gasteiger partial charge in [0.05, 0.1) is 18.7 Å². The minimum Gasteiger partial charge on any atom is -0.503 e. The minimum absolute atomic E-state index is 0.0218. The second-order valence-corrected chi connectivity index (χ2v) is 6.98. The molecule has 1 atom stereocenters. The third kappa shape index (κ3) is 3.45. The molecule has 0 fully saturated rings. The number of benzene rings is 1. The number of hydrogen-bond acceptors (Lipinski definition) is 6. The molecule has 1 amide bonds. The normalized spacial score (nSPS) is 16.3. The predicted octanol–water partition coefficient (Wildman–Crippen LogP) is 3.77. The smallest absolute Gasteiger partial charge is 0.290 e. The van der Waals surface area contributed by atoms with Crippen LogP contribution in [0.25, 0.3) is 0 Å². The number of aliphatic hydroxyl groups is 1. The highest BCUT2D eigenvalue weighted by atomic mass is 16.5. The van der Waals surface area contributed by atoms with Gasteiger partial charge in [-0.2, -0.15) is 0 Å². The average molecular weight is 404 g/mol. The van der Waals surface area contributed by atoms with Crippen LogP contribution in [-0.4, -0.2) is 33.8 Å². The highest BCUT2D eigenvalue weighted by molar-refractivity contribution is 6.15. The van der Waals surface area contributed by atoms with Gasteiger partial charge >= 0.3 is 0 Å². The van der Waals surface area contributed by atoms with Crippen LogP contribution in [0.5, 0.6) is 5.75 Å². The number of carbonyl (C=O) groups is 2. The number of ether oxygens (including phenoxy) is 1. The van der Waals surface area contributed by atoms with Crippen molar-refractivity contribution in [3.8, 4) is 5.75 Å². The first-order chi connectivity index (χ1) is 14.5. The molecule has 7 nitrogen and oxygen atoms in total. The molecule has 0 saturated carbocycles. The largest absolute Gasteiger partial charge is 0.503 e. The summed E-state index contributed by atoms with van der Waals surface area (Å²) in [6, 6.07) is 13.1. The fourth-order valence-electron chi connectivity index (χ4n) is 3.58. The topological polar surface area (TPSA) is 92.9 Å². The van der Waals surface area contributed by atoms with Crippen molar-refractivity contribution in [1.82, 2.24) is 9.88 Å². The monoisotopic (exact) mass is 404 g/mol. The third-order valence-electron chi connectivity index (χ3n) is 5.00. The van der Waals surface area contributed by atoms with Gasteiger partial charge in [0, 0.05) is 18.9 Å². The lowest BCUT2D eigenvalue weighted by Crippen LogP contribution is -2.30. The number of carbonyl (C=O) groups excluding carboxylic acids is 2. The van der Waals surface area contributed by atoms with Gasteiger partial charge in [-0.25, -0.2) is 0 Å². The Hall–Kier alpha value is -3.87. The number of hydrogen-bond donors (Lipinski definition) is 1. The lowest BCUT2D eigenvalue weighted by atomic mass is 9.94. The van der Waals surface area contributed by atoms with E-state index in [0.29, 0.717) is 17.1 Å². The fraction of sp³-hybridized carbons (Fsp3) is 0.174. The zero-order chi connectivity index (χ0) is 21.3. The van der Waals surface area contributed by atoms with Crippen molar-refractivity contribution in [3.05, 3.63) is 94.9 Å². The quantitative estimate of drug-likeness (QED) is 0.629. The first-order valence-electron chi connectivity index (χ1n) is 9.37. The number of furan rings is 1. The molecule has 3 heterocycles. The van der Waals surface area contributed by atoms with E-state index in [0.717, 1.165) is 5.56 Å². The number of aliphatic hydroxyl groups excluding tert-OH is 1. The molecular weight excluding hydrogens is 384 g/mol. The zero-order valence-corrected chi connectivity index (χ0v) is 16.5. The molecule has 1 aliphatic rings. The first-order valence-corrected chi connectivity index (χ1v) is 9.37. The molecule has 3 aromatic rings. The van der Waals surface area contributed by atoms with Crippen LogP contribution in [0.4, 0.5) is 0 Å². The van der Waals surface area contributed by atoms with Crippen LogP contribution >= 0.6 is 0 Å². The van der Waals surface area contributed by atoms with Gasteiger partial charge in [-0.3, -0.25) is 14.6 Å². The number of aromatic nitrogens is 1. The Kier molecular flexibility index (Phi) is 5.10. The van der Waals surface area contributed by atoms with Crippen LogP contribution in [0.3, 0.4) is 0 Å².